The summed E-state index contributed by atoms with van der Waals surface area (Å²) in [6.07, 6.45) is 1.64. The Morgan fingerprint density at radius 1 is 1.40 bits per heavy atom. The molecule has 0 spiro atoms. The van der Waals surface area contributed by atoms with E-state index in [9.17, 15) is 4.39 Å². The molecule has 20 heavy (non-hydrogen) atoms. The van der Waals surface area contributed by atoms with Crippen molar-refractivity contribution in [3.8, 4) is 0 Å². The smallest absolute Gasteiger partial charge is 0.123 e. The van der Waals surface area contributed by atoms with Crippen LogP contribution in [0, 0.1) is 5.82 Å². The molecular weight excluding hydrogens is 321 g/mol. The number of rotatable bonds is 4. The fourth-order valence-electron chi connectivity index (χ4n) is 2.77. The third-order valence-corrected chi connectivity index (χ3v) is 4.82. The molecule has 3 nitrogen and oxygen atoms in total. The largest absolute Gasteiger partial charge is 0.327 e. The molecule has 1 saturated heterocycles. The van der Waals surface area contributed by atoms with Gasteiger partial charge in [-0.05, 0) is 50.7 Å². The lowest BCUT2D eigenvalue weighted by Crippen LogP contribution is -2.51. The molecular formula is C15H23BrFN3. The normalized spacial score (nSPS) is 22.9. The van der Waals surface area contributed by atoms with Gasteiger partial charge in [0.1, 0.15) is 5.82 Å². The summed E-state index contributed by atoms with van der Waals surface area (Å²) in [5.41, 5.74) is 7.22. The van der Waals surface area contributed by atoms with Gasteiger partial charge in [0, 0.05) is 36.2 Å². The summed E-state index contributed by atoms with van der Waals surface area (Å²) in [6, 6.07) is 5.31. The minimum Gasteiger partial charge on any atom is -0.327 e. The molecule has 0 aliphatic carbocycles. The molecule has 1 aliphatic heterocycles. The summed E-state index contributed by atoms with van der Waals surface area (Å²) in [6.45, 7) is 3.24. The van der Waals surface area contributed by atoms with Gasteiger partial charge < -0.3 is 15.5 Å². The van der Waals surface area contributed by atoms with E-state index in [-0.39, 0.29) is 11.9 Å². The number of likely N-dealkylation sites (N-methyl/N-ethyl adjacent to an activating group) is 2. The molecule has 0 bridgehead atoms. The SMILES string of the molecule is CN1CCN(C)C(CC(N)Cc2cc(F)ccc2Br)C1. The van der Waals surface area contributed by atoms with Crippen LogP contribution >= 0.6 is 15.9 Å². The summed E-state index contributed by atoms with van der Waals surface area (Å²) >= 11 is 3.46. The van der Waals surface area contributed by atoms with E-state index in [1.54, 1.807) is 12.1 Å². The lowest BCUT2D eigenvalue weighted by Gasteiger charge is -2.38. The van der Waals surface area contributed by atoms with Gasteiger partial charge in [0.05, 0.1) is 0 Å². The first-order valence-corrected chi connectivity index (χ1v) is 7.83. The maximum absolute atomic E-state index is 13.3. The van der Waals surface area contributed by atoms with E-state index in [2.05, 4.69) is 39.8 Å². The van der Waals surface area contributed by atoms with Crippen molar-refractivity contribution in [2.75, 3.05) is 33.7 Å². The minimum atomic E-state index is -0.204. The Bertz CT molecular complexity index is 455. The van der Waals surface area contributed by atoms with Crippen LogP contribution in [-0.2, 0) is 6.42 Å². The second-order valence-electron chi connectivity index (χ2n) is 5.83. The van der Waals surface area contributed by atoms with Crippen molar-refractivity contribution in [2.24, 2.45) is 5.73 Å². The lowest BCUT2D eigenvalue weighted by atomic mass is 9.98. The highest BCUT2D eigenvalue weighted by molar-refractivity contribution is 9.10. The zero-order valence-corrected chi connectivity index (χ0v) is 13.7. The molecule has 0 aromatic heterocycles. The van der Waals surface area contributed by atoms with E-state index in [0.717, 1.165) is 36.1 Å². The van der Waals surface area contributed by atoms with Gasteiger partial charge in [0.2, 0.25) is 0 Å². The van der Waals surface area contributed by atoms with Gasteiger partial charge in [0.25, 0.3) is 0 Å². The molecule has 2 atom stereocenters. The quantitative estimate of drug-likeness (QED) is 0.908. The van der Waals surface area contributed by atoms with Crippen LogP contribution in [0.3, 0.4) is 0 Å². The zero-order chi connectivity index (χ0) is 14.7. The van der Waals surface area contributed by atoms with Crippen LogP contribution in [0.1, 0.15) is 12.0 Å². The standard InChI is InChI=1S/C15H23BrFN3/c1-19-5-6-20(2)14(10-19)9-13(18)8-11-7-12(17)3-4-15(11)16/h3-4,7,13-14H,5-6,8-10,18H2,1-2H3. The molecule has 0 radical (unpaired) electrons. The molecule has 0 saturated carbocycles. The van der Waals surface area contributed by atoms with E-state index in [1.165, 1.54) is 6.07 Å². The van der Waals surface area contributed by atoms with Crippen LogP contribution in [0.4, 0.5) is 4.39 Å². The van der Waals surface area contributed by atoms with E-state index >= 15 is 0 Å². The third-order valence-electron chi connectivity index (χ3n) is 4.04. The average molecular weight is 344 g/mol. The highest BCUT2D eigenvalue weighted by Gasteiger charge is 2.24. The van der Waals surface area contributed by atoms with E-state index in [1.807, 2.05) is 0 Å². The maximum atomic E-state index is 13.3. The minimum absolute atomic E-state index is 0.0482. The Labute approximate surface area is 129 Å². The molecule has 1 aromatic carbocycles. The molecule has 2 N–H and O–H groups in total. The predicted molar refractivity (Wildman–Crippen MR) is 84.3 cm³/mol. The number of nitrogens with two attached hydrogens (primary N) is 1. The predicted octanol–water partition coefficient (Wildman–Crippen LogP) is 2.09. The van der Waals surface area contributed by atoms with Gasteiger partial charge in [-0.2, -0.15) is 0 Å². The maximum Gasteiger partial charge on any atom is 0.123 e. The van der Waals surface area contributed by atoms with Crippen LogP contribution in [0.15, 0.2) is 22.7 Å². The monoisotopic (exact) mass is 343 g/mol. The van der Waals surface area contributed by atoms with Gasteiger partial charge in [-0.1, -0.05) is 15.9 Å². The Kier molecular flexibility index (Phi) is 5.55. The molecule has 2 unspecified atom stereocenters. The molecule has 1 aromatic rings. The van der Waals surface area contributed by atoms with Crippen molar-refractivity contribution in [1.29, 1.82) is 0 Å². The van der Waals surface area contributed by atoms with Crippen molar-refractivity contribution >= 4 is 15.9 Å². The number of nitrogens with zero attached hydrogens (tertiary/aromatic N) is 2. The second kappa shape index (κ2) is 6.98. The number of benzene rings is 1. The van der Waals surface area contributed by atoms with Crippen LogP contribution in [0.2, 0.25) is 0 Å². The summed E-state index contributed by atoms with van der Waals surface area (Å²) in [5, 5.41) is 0. The highest BCUT2D eigenvalue weighted by atomic mass is 79.9. The van der Waals surface area contributed by atoms with Gasteiger partial charge in [-0.25, -0.2) is 4.39 Å². The fourth-order valence-corrected chi connectivity index (χ4v) is 3.18. The zero-order valence-electron chi connectivity index (χ0n) is 12.1. The van der Waals surface area contributed by atoms with E-state index < -0.39 is 0 Å². The molecule has 2 rings (SSSR count). The van der Waals surface area contributed by atoms with E-state index in [4.69, 9.17) is 5.73 Å². The first-order chi connectivity index (χ1) is 9.45. The molecule has 1 fully saturated rings. The van der Waals surface area contributed by atoms with Crippen molar-refractivity contribution in [2.45, 2.75) is 24.9 Å². The van der Waals surface area contributed by atoms with Crippen LogP contribution in [0.5, 0.6) is 0 Å². The first kappa shape index (κ1) is 15.9. The highest BCUT2D eigenvalue weighted by Crippen LogP contribution is 2.21. The summed E-state index contributed by atoms with van der Waals surface area (Å²) < 4.78 is 14.2. The second-order valence-corrected chi connectivity index (χ2v) is 6.69. The van der Waals surface area contributed by atoms with Crippen LogP contribution in [-0.4, -0.2) is 55.6 Å². The van der Waals surface area contributed by atoms with Crippen LogP contribution in [0.25, 0.3) is 0 Å². The van der Waals surface area contributed by atoms with Gasteiger partial charge in [0.15, 0.2) is 0 Å². The number of hydrogen-bond acceptors (Lipinski definition) is 3. The average Bonchev–Trinajstić information content (AvgIpc) is 2.38. The molecule has 5 heteroatoms. The Balaban J connectivity index is 1.94. The van der Waals surface area contributed by atoms with Crippen molar-refractivity contribution < 1.29 is 4.39 Å². The van der Waals surface area contributed by atoms with Crippen molar-refractivity contribution in [1.82, 2.24) is 9.80 Å². The number of hydrogen-bond donors (Lipinski definition) is 1. The molecule has 112 valence electrons. The number of halogens is 2. The lowest BCUT2D eigenvalue weighted by molar-refractivity contribution is 0.104. The van der Waals surface area contributed by atoms with Crippen molar-refractivity contribution in [3.63, 3.8) is 0 Å². The number of piperazine rings is 1. The van der Waals surface area contributed by atoms with Gasteiger partial charge >= 0.3 is 0 Å². The Morgan fingerprint density at radius 3 is 2.90 bits per heavy atom. The molecule has 0 amide bonds. The summed E-state index contributed by atoms with van der Waals surface area (Å²) in [7, 11) is 4.30. The van der Waals surface area contributed by atoms with E-state index in [0.29, 0.717) is 12.5 Å². The van der Waals surface area contributed by atoms with Crippen molar-refractivity contribution in [3.05, 3.63) is 34.1 Å². The molecule has 1 heterocycles. The Hall–Kier alpha value is -0.490. The summed E-state index contributed by atoms with van der Waals surface area (Å²) in [5.74, 6) is -0.204. The Morgan fingerprint density at radius 2 is 2.15 bits per heavy atom. The van der Waals surface area contributed by atoms with Crippen LogP contribution < -0.4 is 5.73 Å². The third kappa shape index (κ3) is 4.25. The van der Waals surface area contributed by atoms with Gasteiger partial charge in [-0.15, -0.1) is 0 Å². The topological polar surface area (TPSA) is 32.5 Å². The van der Waals surface area contributed by atoms with Gasteiger partial charge in [-0.3, -0.25) is 0 Å². The molecule has 1 aliphatic rings. The fraction of sp³-hybridized carbons (Fsp3) is 0.600. The first-order valence-electron chi connectivity index (χ1n) is 7.04. The summed E-state index contributed by atoms with van der Waals surface area (Å²) in [4.78, 5) is 4.72.